The van der Waals surface area contributed by atoms with Gasteiger partial charge in [0.05, 0.1) is 41.4 Å². The number of rotatable bonds is 6. The van der Waals surface area contributed by atoms with Gasteiger partial charge in [-0.25, -0.2) is 0 Å². The van der Waals surface area contributed by atoms with E-state index in [0.29, 0.717) is 33.8 Å². The molecule has 0 aromatic heterocycles. The Hall–Kier alpha value is -3.05. The number of anilines is 1. The molecule has 0 radical (unpaired) electrons. The monoisotopic (exact) mass is 472 g/mol. The Morgan fingerprint density at radius 2 is 2.07 bits per heavy atom. The third-order valence-corrected chi connectivity index (χ3v) is 5.31. The first kappa shape index (κ1) is 21.7. The highest BCUT2D eigenvalue weighted by molar-refractivity contribution is 9.10. The van der Waals surface area contributed by atoms with Crippen LogP contribution in [0.2, 0.25) is 0 Å². The van der Waals surface area contributed by atoms with Gasteiger partial charge in [-0.05, 0) is 53.5 Å². The van der Waals surface area contributed by atoms with Crippen LogP contribution >= 0.6 is 15.9 Å². The fourth-order valence-corrected chi connectivity index (χ4v) is 3.81. The van der Waals surface area contributed by atoms with Crippen molar-refractivity contribution in [2.24, 2.45) is 5.92 Å². The molecule has 3 rings (SSSR count). The molecule has 1 aliphatic rings. The van der Waals surface area contributed by atoms with Crippen LogP contribution in [0.4, 0.5) is 5.69 Å². The number of benzene rings is 2. The lowest BCUT2D eigenvalue weighted by atomic mass is 10.1. The average Bonchev–Trinajstić information content (AvgIpc) is 3.11. The summed E-state index contributed by atoms with van der Waals surface area (Å²) in [6.45, 7) is 4.25. The third-order valence-electron chi connectivity index (χ3n) is 4.72. The molecule has 8 heteroatoms. The number of nitrogens with zero attached hydrogens (tertiary/aromatic N) is 2. The molecule has 1 aliphatic heterocycles. The van der Waals surface area contributed by atoms with Gasteiger partial charge < -0.3 is 19.1 Å². The zero-order valence-corrected chi connectivity index (χ0v) is 18.5. The van der Waals surface area contributed by atoms with Gasteiger partial charge >= 0.3 is 5.97 Å². The number of carbonyl (C=O) groups excluding carboxylic acids is 2. The minimum absolute atomic E-state index is 0.0355. The van der Waals surface area contributed by atoms with Crippen LogP contribution in [0, 0.1) is 24.2 Å². The maximum Gasteiger partial charge on any atom is 0.316 e. The van der Waals surface area contributed by atoms with E-state index < -0.39 is 11.9 Å². The van der Waals surface area contributed by atoms with E-state index in [1.807, 2.05) is 25.1 Å². The highest BCUT2D eigenvalue weighted by Gasteiger charge is 2.38. The van der Waals surface area contributed by atoms with Crippen molar-refractivity contribution in [3.63, 3.8) is 0 Å². The minimum atomic E-state index is -0.639. The van der Waals surface area contributed by atoms with Gasteiger partial charge in [0, 0.05) is 19.0 Å². The second kappa shape index (κ2) is 9.18. The number of hydrogen-bond acceptors (Lipinski definition) is 6. The Bertz CT molecular complexity index is 1030. The van der Waals surface area contributed by atoms with Gasteiger partial charge in [0.15, 0.2) is 11.5 Å². The van der Waals surface area contributed by atoms with Crippen LogP contribution in [-0.4, -0.2) is 32.1 Å². The predicted octanol–water partition coefficient (Wildman–Crippen LogP) is 4.00. The zero-order chi connectivity index (χ0) is 21.8. The smallest absolute Gasteiger partial charge is 0.316 e. The van der Waals surface area contributed by atoms with E-state index >= 15 is 0 Å². The van der Waals surface area contributed by atoms with Crippen LogP contribution in [0.1, 0.15) is 24.5 Å². The lowest BCUT2D eigenvalue weighted by Crippen LogP contribution is -2.27. The Morgan fingerprint density at radius 1 is 1.30 bits per heavy atom. The lowest BCUT2D eigenvalue weighted by molar-refractivity contribution is -0.139. The molecule has 1 unspecified atom stereocenters. The predicted molar refractivity (Wildman–Crippen MR) is 114 cm³/mol. The second-order valence-electron chi connectivity index (χ2n) is 6.83. The van der Waals surface area contributed by atoms with Gasteiger partial charge in [-0.15, -0.1) is 0 Å². The molecule has 0 aliphatic carbocycles. The summed E-state index contributed by atoms with van der Waals surface area (Å²) in [6.07, 6.45) is 0.0355. The minimum Gasteiger partial charge on any atom is -0.495 e. The molecule has 1 fully saturated rings. The normalized spacial score (nSPS) is 15.6. The lowest BCUT2D eigenvalue weighted by Gasteiger charge is -2.20. The summed E-state index contributed by atoms with van der Waals surface area (Å²) in [5.74, 6) is -0.303. The first-order valence-electron chi connectivity index (χ1n) is 9.41. The molecule has 1 atom stereocenters. The van der Waals surface area contributed by atoms with Crippen LogP contribution in [0.5, 0.6) is 17.2 Å². The molecule has 2 aromatic carbocycles. The van der Waals surface area contributed by atoms with Gasteiger partial charge in [-0.3, -0.25) is 9.59 Å². The van der Waals surface area contributed by atoms with Crippen molar-refractivity contribution in [2.75, 3.05) is 25.2 Å². The van der Waals surface area contributed by atoms with Crippen LogP contribution in [0.3, 0.4) is 0 Å². The van der Waals surface area contributed by atoms with E-state index in [9.17, 15) is 9.59 Å². The fraction of sp³-hybridized carbons (Fsp3) is 0.318. The molecule has 30 heavy (non-hydrogen) atoms. The quantitative estimate of drug-likeness (QED) is 0.466. The maximum absolute atomic E-state index is 12.8. The number of aryl methyl sites for hydroxylation is 1. The molecule has 7 nitrogen and oxygen atoms in total. The number of methoxy groups -OCH3 is 1. The van der Waals surface area contributed by atoms with E-state index in [4.69, 9.17) is 19.5 Å². The van der Waals surface area contributed by atoms with E-state index in [0.717, 1.165) is 5.56 Å². The zero-order valence-electron chi connectivity index (χ0n) is 16.9. The molecule has 156 valence electrons. The SMILES string of the molecule is CCOc1cc(C#N)cc(Br)c1OC(=O)C1CC(=O)N(c2cc(C)ccc2OC)C1. The van der Waals surface area contributed by atoms with Gasteiger partial charge in [-0.1, -0.05) is 6.07 Å². The highest BCUT2D eigenvalue weighted by Crippen LogP contribution is 2.39. The van der Waals surface area contributed by atoms with Crippen LogP contribution in [0.15, 0.2) is 34.8 Å². The highest BCUT2D eigenvalue weighted by atomic mass is 79.9. The van der Waals surface area contributed by atoms with Gasteiger partial charge in [0.25, 0.3) is 0 Å². The standard InChI is InChI=1S/C22H21BrN2O5/c1-4-29-19-9-14(11-24)8-16(23)21(19)30-22(27)15-10-20(26)25(12-15)17-7-13(2)5-6-18(17)28-3/h5-9,15H,4,10,12H2,1-3H3. The van der Waals surface area contributed by atoms with Crippen molar-refractivity contribution in [2.45, 2.75) is 20.3 Å². The van der Waals surface area contributed by atoms with E-state index in [1.54, 1.807) is 24.0 Å². The van der Waals surface area contributed by atoms with Gasteiger partial charge in [0.1, 0.15) is 5.75 Å². The molecule has 0 saturated carbocycles. The van der Waals surface area contributed by atoms with Crippen molar-refractivity contribution >= 4 is 33.5 Å². The van der Waals surface area contributed by atoms with E-state index in [1.165, 1.54) is 13.2 Å². The van der Waals surface area contributed by atoms with Crippen molar-refractivity contribution in [1.82, 2.24) is 0 Å². The van der Waals surface area contributed by atoms with Crippen molar-refractivity contribution in [1.29, 1.82) is 5.26 Å². The van der Waals surface area contributed by atoms with Gasteiger partial charge in [0.2, 0.25) is 5.91 Å². The maximum atomic E-state index is 12.8. The van der Waals surface area contributed by atoms with Crippen LogP contribution in [-0.2, 0) is 9.59 Å². The number of halogens is 1. The molecule has 2 aromatic rings. The number of amides is 1. The summed E-state index contributed by atoms with van der Waals surface area (Å²) in [5.41, 5.74) is 1.98. The van der Waals surface area contributed by atoms with E-state index in [-0.39, 0.29) is 24.6 Å². The van der Waals surface area contributed by atoms with Crippen molar-refractivity contribution in [3.05, 3.63) is 45.9 Å². The van der Waals surface area contributed by atoms with Crippen molar-refractivity contribution < 1.29 is 23.8 Å². The number of hydrogen-bond donors (Lipinski definition) is 0. The Balaban J connectivity index is 1.82. The average molecular weight is 473 g/mol. The molecule has 0 spiro atoms. The number of ether oxygens (including phenoxy) is 3. The molecule has 0 N–H and O–H groups in total. The van der Waals surface area contributed by atoms with Crippen LogP contribution < -0.4 is 19.1 Å². The Morgan fingerprint density at radius 3 is 2.73 bits per heavy atom. The van der Waals surface area contributed by atoms with Crippen LogP contribution in [0.25, 0.3) is 0 Å². The summed E-state index contributed by atoms with van der Waals surface area (Å²) in [4.78, 5) is 27.0. The molecule has 1 heterocycles. The van der Waals surface area contributed by atoms with E-state index in [2.05, 4.69) is 15.9 Å². The van der Waals surface area contributed by atoms with Crippen molar-refractivity contribution in [3.8, 4) is 23.3 Å². The number of nitriles is 1. The summed E-state index contributed by atoms with van der Waals surface area (Å²) in [7, 11) is 1.54. The molecule has 1 amide bonds. The Labute approximate surface area is 183 Å². The summed E-state index contributed by atoms with van der Waals surface area (Å²) < 4.78 is 16.9. The largest absolute Gasteiger partial charge is 0.495 e. The second-order valence-corrected chi connectivity index (χ2v) is 7.69. The molecular weight excluding hydrogens is 452 g/mol. The first-order valence-corrected chi connectivity index (χ1v) is 10.2. The molecular formula is C22H21BrN2O5. The first-order chi connectivity index (χ1) is 14.4. The summed E-state index contributed by atoms with van der Waals surface area (Å²) in [6, 6.07) is 10.6. The summed E-state index contributed by atoms with van der Waals surface area (Å²) in [5, 5.41) is 9.14. The topological polar surface area (TPSA) is 88.9 Å². The number of carbonyl (C=O) groups is 2. The Kier molecular flexibility index (Phi) is 6.63. The molecule has 1 saturated heterocycles. The summed E-state index contributed by atoms with van der Waals surface area (Å²) >= 11 is 3.33. The third kappa shape index (κ3) is 4.41. The molecule has 0 bridgehead atoms. The fourth-order valence-electron chi connectivity index (χ4n) is 3.29. The number of esters is 1. The van der Waals surface area contributed by atoms with Gasteiger partial charge in [-0.2, -0.15) is 5.26 Å².